The van der Waals surface area contributed by atoms with Crippen LogP contribution in [0.25, 0.3) is 21.5 Å². The lowest BCUT2D eigenvalue weighted by Crippen LogP contribution is -2.34. The molecule has 224 valence electrons. The zero-order chi connectivity index (χ0) is 30.1. The maximum atomic E-state index is 13.2. The number of rotatable bonds is 15. The molecule has 3 aromatic carbocycles. The smallest absolute Gasteiger partial charge is 0.340 e. The number of benzene rings is 3. The van der Waals surface area contributed by atoms with Crippen molar-refractivity contribution in [2.24, 2.45) is 22.4 Å². The van der Waals surface area contributed by atoms with E-state index in [2.05, 4.69) is 11.2 Å². The second kappa shape index (κ2) is 14.4. The van der Waals surface area contributed by atoms with Gasteiger partial charge in [0, 0.05) is 18.6 Å². The van der Waals surface area contributed by atoms with Crippen LogP contribution < -0.4 is 0 Å². The van der Waals surface area contributed by atoms with Gasteiger partial charge in [0.2, 0.25) is 0 Å². The number of fused-ring (bicyclic) bond motifs is 2. The van der Waals surface area contributed by atoms with Gasteiger partial charge in [-0.05, 0) is 60.7 Å². The fourth-order valence-corrected chi connectivity index (χ4v) is 4.99. The molecular weight excluding hydrogens is 538 g/mol. The van der Waals surface area contributed by atoms with E-state index in [4.69, 9.17) is 24.2 Å². The van der Waals surface area contributed by atoms with Crippen LogP contribution in [0.5, 0.6) is 0 Å². The van der Waals surface area contributed by atoms with E-state index in [9.17, 15) is 14.4 Å². The molecule has 0 bridgehead atoms. The topological polar surface area (TPSA) is 124 Å². The Hall–Kier alpha value is -3.82. The first kappa shape index (κ1) is 31.1. The van der Waals surface area contributed by atoms with Crippen LogP contribution >= 0.6 is 0 Å². The molecule has 1 heterocycles. The molecule has 0 saturated carbocycles. The second-order valence-corrected chi connectivity index (χ2v) is 11.3. The summed E-state index contributed by atoms with van der Waals surface area (Å²) in [4.78, 5) is 44.4. The van der Waals surface area contributed by atoms with Gasteiger partial charge in [-0.2, -0.15) is 0 Å². The SMILES string of the molecule is CCC(CC(CC(C)(C)C(=O)ON=Cc1c2ccccc2cc2ccccc12)C(=O)OCCCO)C(=O)OCC1CO1. The molecule has 4 rings (SSSR count). The number of oxime groups is 1. The average Bonchev–Trinajstić information content (AvgIpc) is 3.82. The van der Waals surface area contributed by atoms with Gasteiger partial charge in [-0.1, -0.05) is 60.6 Å². The van der Waals surface area contributed by atoms with Crippen molar-refractivity contribution in [1.82, 2.24) is 0 Å². The Balaban J connectivity index is 1.48. The number of aliphatic hydroxyl groups excluding tert-OH is 1. The highest BCUT2D eigenvalue weighted by Crippen LogP contribution is 2.33. The van der Waals surface area contributed by atoms with Gasteiger partial charge in [-0.25, -0.2) is 4.79 Å². The van der Waals surface area contributed by atoms with Crippen molar-refractivity contribution in [3.05, 3.63) is 60.2 Å². The van der Waals surface area contributed by atoms with Crippen LogP contribution in [-0.4, -0.2) is 61.8 Å². The van der Waals surface area contributed by atoms with Gasteiger partial charge in [-0.3, -0.25) is 9.59 Å². The molecule has 0 spiro atoms. The Labute approximate surface area is 245 Å². The highest BCUT2D eigenvalue weighted by atomic mass is 16.7. The molecule has 0 aromatic heterocycles. The van der Waals surface area contributed by atoms with E-state index < -0.39 is 35.2 Å². The second-order valence-electron chi connectivity index (χ2n) is 11.3. The predicted molar refractivity (Wildman–Crippen MR) is 159 cm³/mol. The van der Waals surface area contributed by atoms with Gasteiger partial charge in [-0.15, -0.1) is 0 Å². The van der Waals surface area contributed by atoms with E-state index in [0.717, 1.165) is 27.1 Å². The number of epoxide rings is 1. The van der Waals surface area contributed by atoms with Gasteiger partial charge < -0.3 is 24.2 Å². The van der Waals surface area contributed by atoms with Crippen molar-refractivity contribution < 1.29 is 38.5 Å². The normalized spacial score (nSPS) is 16.3. The van der Waals surface area contributed by atoms with Gasteiger partial charge in [0.25, 0.3) is 0 Å². The number of hydrogen-bond donors (Lipinski definition) is 1. The summed E-state index contributed by atoms with van der Waals surface area (Å²) < 4.78 is 15.9. The fraction of sp³-hybridized carbons (Fsp3) is 0.455. The summed E-state index contributed by atoms with van der Waals surface area (Å²) in [5, 5.41) is 17.2. The summed E-state index contributed by atoms with van der Waals surface area (Å²) in [5.74, 6) is -2.88. The van der Waals surface area contributed by atoms with E-state index in [0.29, 0.717) is 19.4 Å². The van der Waals surface area contributed by atoms with Gasteiger partial charge in [0.1, 0.15) is 12.7 Å². The van der Waals surface area contributed by atoms with E-state index in [-0.39, 0.29) is 38.8 Å². The summed E-state index contributed by atoms with van der Waals surface area (Å²) in [6.45, 7) is 5.87. The number of hydrogen-bond acceptors (Lipinski definition) is 9. The molecule has 3 atom stereocenters. The molecule has 42 heavy (non-hydrogen) atoms. The lowest BCUT2D eigenvalue weighted by atomic mass is 9.79. The minimum Gasteiger partial charge on any atom is -0.465 e. The minimum atomic E-state index is -1.12. The lowest BCUT2D eigenvalue weighted by molar-refractivity contribution is -0.159. The van der Waals surface area contributed by atoms with Crippen LogP contribution in [0.2, 0.25) is 0 Å². The average molecular weight is 578 g/mol. The fourth-order valence-electron chi connectivity index (χ4n) is 4.99. The summed E-state index contributed by atoms with van der Waals surface area (Å²) in [6.07, 6.45) is 2.46. The largest absolute Gasteiger partial charge is 0.465 e. The van der Waals surface area contributed by atoms with E-state index in [1.807, 2.05) is 55.5 Å². The number of carbonyl (C=O) groups is 3. The molecule has 9 nitrogen and oxygen atoms in total. The third kappa shape index (κ3) is 8.14. The first-order valence-corrected chi connectivity index (χ1v) is 14.4. The van der Waals surface area contributed by atoms with Crippen LogP contribution in [0.3, 0.4) is 0 Å². The molecular formula is C33H39NO8. The van der Waals surface area contributed by atoms with E-state index in [1.165, 1.54) is 0 Å². The van der Waals surface area contributed by atoms with Crippen molar-refractivity contribution in [1.29, 1.82) is 0 Å². The minimum absolute atomic E-state index is 0.0419. The molecule has 0 aliphatic carbocycles. The third-order valence-corrected chi connectivity index (χ3v) is 7.53. The number of nitrogens with zero attached hydrogens (tertiary/aromatic N) is 1. The van der Waals surface area contributed by atoms with Crippen molar-refractivity contribution in [2.75, 3.05) is 26.4 Å². The number of esters is 2. The first-order valence-electron chi connectivity index (χ1n) is 14.4. The van der Waals surface area contributed by atoms with E-state index in [1.54, 1.807) is 20.1 Å². The first-order chi connectivity index (χ1) is 20.2. The van der Waals surface area contributed by atoms with Gasteiger partial charge >= 0.3 is 17.9 Å². The standard InChI is InChI=1S/C33H39NO8/c1-4-22(30(36)41-21-26-20-40-26)16-25(31(37)39-15-9-14-35)18-33(2,3)32(38)42-34-19-29-27-12-7-5-10-23(27)17-24-11-6-8-13-28(24)29/h5-8,10-13,17,19,22,25-26,35H,4,9,14-16,18,20-21H2,1-3H3. The van der Waals surface area contributed by atoms with Crippen LogP contribution in [-0.2, 0) is 33.4 Å². The zero-order valence-electron chi connectivity index (χ0n) is 24.4. The summed E-state index contributed by atoms with van der Waals surface area (Å²) in [7, 11) is 0. The Morgan fingerprint density at radius 3 is 2.24 bits per heavy atom. The Kier molecular flexibility index (Phi) is 10.7. The maximum absolute atomic E-state index is 13.2. The number of carbonyl (C=O) groups excluding carboxylic acids is 3. The molecule has 0 amide bonds. The van der Waals surface area contributed by atoms with Gasteiger partial charge in [0.15, 0.2) is 0 Å². The molecule has 9 heteroatoms. The van der Waals surface area contributed by atoms with Crippen LogP contribution in [0, 0.1) is 17.3 Å². The highest BCUT2D eigenvalue weighted by molar-refractivity contribution is 6.13. The van der Waals surface area contributed by atoms with Crippen molar-refractivity contribution in [3.8, 4) is 0 Å². The molecule has 1 fully saturated rings. The molecule has 1 N–H and O–H groups in total. The van der Waals surface area contributed by atoms with Gasteiger partial charge in [0.05, 0.1) is 36.7 Å². The Morgan fingerprint density at radius 1 is 1.02 bits per heavy atom. The molecule has 1 aliphatic heterocycles. The number of ether oxygens (including phenoxy) is 3. The zero-order valence-corrected chi connectivity index (χ0v) is 24.4. The van der Waals surface area contributed by atoms with Crippen molar-refractivity contribution in [3.63, 3.8) is 0 Å². The Bertz CT molecular complexity index is 1370. The monoisotopic (exact) mass is 577 g/mol. The molecule has 0 radical (unpaired) electrons. The van der Waals surface area contributed by atoms with Crippen molar-refractivity contribution >= 4 is 45.7 Å². The molecule has 3 aromatic rings. The third-order valence-electron chi connectivity index (χ3n) is 7.53. The van der Waals surface area contributed by atoms with Crippen LogP contribution in [0.4, 0.5) is 0 Å². The molecule has 1 aliphatic rings. The quantitative estimate of drug-likeness (QED) is 0.0498. The predicted octanol–water partition coefficient (Wildman–Crippen LogP) is 5.19. The maximum Gasteiger partial charge on any atom is 0.340 e. The number of aliphatic hydroxyl groups is 1. The van der Waals surface area contributed by atoms with E-state index >= 15 is 0 Å². The summed E-state index contributed by atoms with van der Waals surface area (Å²) in [6, 6.07) is 18.0. The van der Waals surface area contributed by atoms with Crippen LogP contribution in [0.1, 0.15) is 52.0 Å². The molecule has 1 saturated heterocycles. The Morgan fingerprint density at radius 2 is 1.64 bits per heavy atom. The lowest BCUT2D eigenvalue weighted by Gasteiger charge is -2.27. The summed E-state index contributed by atoms with van der Waals surface area (Å²) >= 11 is 0. The van der Waals surface area contributed by atoms with Crippen molar-refractivity contribution in [2.45, 2.75) is 52.6 Å². The highest BCUT2D eigenvalue weighted by Gasteiger charge is 2.39. The molecule has 3 unspecified atom stereocenters. The van der Waals surface area contributed by atoms with Crippen LogP contribution in [0.15, 0.2) is 59.8 Å². The summed E-state index contributed by atoms with van der Waals surface area (Å²) in [5.41, 5.74) is -0.288.